The minimum Gasteiger partial charge on any atom is -0.481 e. The molecule has 0 heterocycles. The fraction of sp³-hybridized carbons (Fsp3) is 0.818. The van der Waals surface area contributed by atoms with Crippen LogP contribution in [0.3, 0.4) is 0 Å². The van der Waals surface area contributed by atoms with Crippen molar-refractivity contribution < 1.29 is 14.7 Å². The fourth-order valence-corrected chi connectivity index (χ4v) is 2.40. The minimum absolute atomic E-state index is 0.0689. The summed E-state index contributed by atoms with van der Waals surface area (Å²) in [6.45, 7) is 0. The predicted molar refractivity (Wildman–Crippen MR) is 54.2 cm³/mol. The molecule has 84 valence electrons. The van der Waals surface area contributed by atoms with Crippen molar-refractivity contribution in [3.05, 3.63) is 0 Å². The van der Waals surface area contributed by atoms with Gasteiger partial charge in [-0.3, -0.25) is 9.59 Å². The van der Waals surface area contributed by atoms with Crippen LogP contribution in [-0.4, -0.2) is 23.0 Å². The van der Waals surface area contributed by atoms with E-state index in [1.807, 2.05) is 0 Å². The Morgan fingerprint density at radius 3 is 2.27 bits per heavy atom. The molecule has 0 aromatic heterocycles. The van der Waals surface area contributed by atoms with Gasteiger partial charge in [0, 0.05) is 12.0 Å². The fourth-order valence-electron chi connectivity index (χ4n) is 2.40. The van der Waals surface area contributed by atoms with E-state index < -0.39 is 5.97 Å². The van der Waals surface area contributed by atoms with Crippen molar-refractivity contribution in [3.8, 4) is 0 Å². The summed E-state index contributed by atoms with van der Waals surface area (Å²) in [6, 6.07) is -0.129. The standard InChI is InChI=1S/C11H17NO3/c13-10(7-3-1-4-7)12-9-6-2-5-8(9)11(14)15/h7-9H,1-6H2,(H,12,13)(H,14,15). The monoisotopic (exact) mass is 211 g/mol. The van der Waals surface area contributed by atoms with Crippen molar-refractivity contribution in [3.63, 3.8) is 0 Å². The smallest absolute Gasteiger partial charge is 0.308 e. The molecule has 0 saturated heterocycles. The molecule has 1 amide bonds. The lowest BCUT2D eigenvalue weighted by Gasteiger charge is -2.27. The van der Waals surface area contributed by atoms with E-state index in [9.17, 15) is 9.59 Å². The number of carbonyl (C=O) groups excluding carboxylic acids is 1. The lowest BCUT2D eigenvalue weighted by atomic mass is 9.84. The maximum Gasteiger partial charge on any atom is 0.308 e. The van der Waals surface area contributed by atoms with E-state index in [4.69, 9.17) is 5.11 Å². The number of aliphatic carboxylic acids is 1. The normalized spacial score (nSPS) is 30.9. The van der Waals surface area contributed by atoms with Crippen LogP contribution in [0.5, 0.6) is 0 Å². The van der Waals surface area contributed by atoms with E-state index in [2.05, 4.69) is 5.32 Å². The molecule has 0 bridgehead atoms. The zero-order valence-corrected chi connectivity index (χ0v) is 8.74. The second-order valence-electron chi connectivity index (χ2n) is 4.62. The van der Waals surface area contributed by atoms with Crippen molar-refractivity contribution in [2.24, 2.45) is 11.8 Å². The summed E-state index contributed by atoms with van der Waals surface area (Å²) in [5.41, 5.74) is 0. The molecular weight excluding hydrogens is 194 g/mol. The molecule has 2 unspecified atom stereocenters. The largest absolute Gasteiger partial charge is 0.481 e. The second-order valence-corrected chi connectivity index (χ2v) is 4.62. The molecule has 4 nitrogen and oxygen atoms in total. The number of carboxylic acid groups (broad SMARTS) is 1. The minimum atomic E-state index is -0.772. The van der Waals surface area contributed by atoms with Crippen LogP contribution in [0, 0.1) is 11.8 Å². The molecule has 0 aliphatic heterocycles. The third-order valence-corrected chi connectivity index (χ3v) is 3.64. The number of carbonyl (C=O) groups is 2. The summed E-state index contributed by atoms with van der Waals surface area (Å²) in [5.74, 6) is -0.917. The first-order valence-electron chi connectivity index (χ1n) is 5.71. The lowest BCUT2D eigenvalue weighted by molar-refractivity contribution is -0.142. The van der Waals surface area contributed by atoms with E-state index in [1.165, 1.54) is 0 Å². The Bertz CT molecular complexity index is 273. The highest BCUT2D eigenvalue weighted by Gasteiger charge is 2.35. The first-order chi connectivity index (χ1) is 7.18. The van der Waals surface area contributed by atoms with Crippen molar-refractivity contribution in [2.75, 3.05) is 0 Å². The number of carboxylic acids is 1. The van der Waals surface area contributed by atoms with E-state index in [0.717, 1.165) is 32.1 Å². The van der Waals surface area contributed by atoms with E-state index in [-0.39, 0.29) is 23.8 Å². The molecule has 0 spiro atoms. The van der Waals surface area contributed by atoms with Crippen LogP contribution in [0.1, 0.15) is 38.5 Å². The third-order valence-electron chi connectivity index (χ3n) is 3.64. The van der Waals surface area contributed by atoms with Crippen molar-refractivity contribution in [1.82, 2.24) is 5.32 Å². The van der Waals surface area contributed by atoms with Gasteiger partial charge in [-0.2, -0.15) is 0 Å². The van der Waals surface area contributed by atoms with E-state index >= 15 is 0 Å². The molecule has 4 heteroatoms. The summed E-state index contributed by atoms with van der Waals surface area (Å²) in [7, 11) is 0. The average Bonchev–Trinajstić information content (AvgIpc) is 2.48. The molecule has 2 N–H and O–H groups in total. The molecule has 15 heavy (non-hydrogen) atoms. The summed E-state index contributed by atoms with van der Waals surface area (Å²) < 4.78 is 0. The molecular formula is C11H17NO3. The highest BCUT2D eigenvalue weighted by molar-refractivity contribution is 5.81. The van der Waals surface area contributed by atoms with Gasteiger partial charge in [0.1, 0.15) is 0 Å². The third kappa shape index (κ3) is 2.13. The number of hydrogen-bond donors (Lipinski definition) is 2. The zero-order chi connectivity index (χ0) is 10.8. The Hall–Kier alpha value is -1.06. The lowest BCUT2D eigenvalue weighted by Crippen LogP contribution is -2.44. The molecule has 2 atom stereocenters. The quantitative estimate of drug-likeness (QED) is 0.736. The maximum absolute atomic E-state index is 11.6. The highest BCUT2D eigenvalue weighted by atomic mass is 16.4. The molecule has 2 rings (SSSR count). The van der Waals surface area contributed by atoms with Crippen LogP contribution >= 0.6 is 0 Å². The molecule has 2 aliphatic rings. The van der Waals surface area contributed by atoms with Gasteiger partial charge in [0.2, 0.25) is 5.91 Å². The van der Waals surface area contributed by atoms with Crippen LogP contribution in [0.25, 0.3) is 0 Å². The topological polar surface area (TPSA) is 66.4 Å². The van der Waals surface area contributed by atoms with Gasteiger partial charge in [-0.25, -0.2) is 0 Å². The number of rotatable bonds is 3. The van der Waals surface area contributed by atoms with Gasteiger partial charge in [0.05, 0.1) is 5.92 Å². The number of amides is 1. The Morgan fingerprint density at radius 1 is 1.07 bits per heavy atom. The zero-order valence-electron chi connectivity index (χ0n) is 8.74. The molecule has 2 fully saturated rings. The number of nitrogens with one attached hydrogen (secondary N) is 1. The Morgan fingerprint density at radius 2 is 1.73 bits per heavy atom. The summed E-state index contributed by atoms with van der Waals surface area (Å²) in [5, 5.41) is 11.8. The van der Waals surface area contributed by atoms with Crippen LogP contribution in [0.4, 0.5) is 0 Å². The Balaban J connectivity index is 1.87. The molecule has 2 aliphatic carbocycles. The van der Waals surface area contributed by atoms with Gasteiger partial charge in [0.15, 0.2) is 0 Å². The van der Waals surface area contributed by atoms with Crippen LogP contribution in [0.2, 0.25) is 0 Å². The Kier molecular flexibility index (Phi) is 2.93. The molecule has 0 radical (unpaired) electrons. The molecule has 2 saturated carbocycles. The van der Waals surface area contributed by atoms with Gasteiger partial charge in [-0.1, -0.05) is 12.8 Å². The van der Waals surface area contributed by atoms with Crippen LogP contribution in [-0.2, 0) is 9.59 Å². The van der Waals surface area contributed by atoms with Gasteiger partial charge in [0.25, 0.3) is 0 Å². The summed E-state index contributed by atoms with van der Waals surface area (Å²) in [6.07, 6.45) is 5.49. The SMILES string of the molecule is O=C(NC1CCCC1C(=O)O)C1CCC1. The molecule has 0 aromatic rings. The van der Waals surface area contributed by atoms with Crippen molar-refractivity contribution >= 4 is 11.9 Å². The molecule has 0 aromatic carbocycles. The van der Waals surface area contributed by atoms with Gasteiger partial charge >= 0.3 is 5.97 Å². The van der Waals surface area contributed by atoms with Gasteiger partial charge < -0.3 is 10.4 Å². The predicted octanol–water partition coefficient (Wildman–Crippen LogP) is 1.16. The van der Waals surface area contributed by atoms with Crippen molar-refractivity contribution in [2.45, 2.75) is 44.6 Å². The van der Waals surface area contributed by atoms with Crippen molar-refractivity contribution in [1.29, 1.82) is 0 Å². The van der Waals surface area contributed by atoms with Gasteiger partial charge in [-0.15, -0.1) is 0 Å². The first-order valence-corrected chi connectivity index (χ1v) is 5.71. The first kappa shape index (κ1) is 10.5. The summed E-state index contributed by atoms with van der Waals surface area (Å²) in [4.78, 5) is 22.5. The average molecular weight is 211 g/mol. The Labute approximate surface area is 89.0 Å². The second kappa shape index (κ2) is 4.21. The summed E-state index contributed by atoms with van der Waals surface area (Å²) >= 11 is 0. The van der Waals surface area contributed by atoms with E-state index in [0.29, 0.717) is 6.42 Å². The van der Waals surface area contributed by atoms with Crippen LogP contribution in [0.15, 0.2) is 0 Å². The van der Waals surface area contributed by atoms with Gasteiger partial charge in [-0.05, 0) is 25.7 Å². The van der Waals surface area contributed by atoms with Crippen LogP contribution < -0.4 is 5.32 Å². The maximum atomic E-state index is 11.6. The highest BCUT2D eigenvalue weighted by Crippen LogP contribution is 2.29. The number of hydrogen-bond acceptors (Lipinski definition) is 2. The van der Waals surface area contributed by atoms with E-state index in [1.54, 1.807) is 0 Å².